The number of rotatable bonds is 5. The number of hydrogen-bond acceptors (Lipinski definition) is 4. The average molecular weight is 331 g/mol. The molecular weight excluding hydrogens is 309 g/mol. The second-order valence-corrected chi connectivity index (χ2v) is 6.83. The lowest BCUT2D eigenvalue weighted by molar-refractivity contribution is 0.171. The van der Waals surface area contributed by atoms with E-state index in [2.05, 4.69) is 5.10 Å². The van der Waals surface area contributed by atoms with E-state index in [9.17, 15) is 4.39 Å². The van der Waals surface area contributed by atoms with E-state index >= 15 is 0 Å². The molecule has 2 aliphatic rings. The van der Waals surface area contributed by atoms with Crippen LogP contribution < -0.4 is 0 Å². The molecule has 1 N–H and O–H groups in total. The third kappa shape index (κ3) is 2.96. The normalized spacial score (nSPS) is 23.8. The molecule has 1 saturated carbocycles. The molecular formula is C18H22FN3O2. The van der Waals surface area contributed by atoms with Gasteiger partial charge in [-0.2, -0.15) is 5.10 Å². The van der Waals surface area contributed by atoms with E-state index in [0.717, 1.165) is 43.4 Å². The van der Waals surface area contributed by atoms with Crippen LogP contribution in [0.15, 0.2) is 24.3 Å². The van der Waals surface area contributed by atoms with Crippen molar-refractivity contribution in [2.45, 2.75) is 31.6 Å². The number of benzene rings is 1. The van der Waals surface area contributed by atoms with E-state index in [1.54, 1.807) is 12.1 Å². The predicted molar refractivity (Wildman–Crippen MR) is 86.5 cm³/mol. The average Bonchev–Trinajstić information content (AvgIpc) is 3.27. The van der Waals surface area contributed by atoms with Crippen molar-refractivity contribution in [3.8, 4) is 5.69 Å². The van der Waals surface area contributed by atoms with Crippen molar-refractivity contribution in [2.24, 2.45) is 11.8 Å². The Morgan fingerprint density at radius 1 is 1.17 bits per heavy atom. The van der Waals surface area contributed by atoms with E-state index in [1.165, 1.54) is 12.1 Å². The van der Waals surface area contributed by atoms with Crippen LogP contribution in [-0.4, -0.2) is 39.7 Å². The van der Waals surface area contributed by atoms with Crippen LogP contribution in [0.5, 0.6) is 0 Å². The number of aryl methyl sites for hydroxylation is 1. The molecule has 6 heteroatoms. The quantitative estimate of drug-likeness (QED) is 0.914. The van der Waals surface area contributed by atoms with Crippen LogP contribution in [0.25, 0.3) is 5.69 Å². The van der Waals surface area contributed by atoms with Crippen LogP contribution >= 0.6 is 0 Å². The van der Waals surface area contributed by atoms with Gasteiger partial charge in [0.2, 0.25) is 0 Å². The van der Waals surface area contributed by atoms with Gasteiger partial charge in [-0.25, -0.2) is 14.1 Å². The number of aromatic nitrogens is 3. The minimum Gasteiger partial charge on any atom is -0.396 e. The van der Waals surface area contributed by atoms with Crippen molar-refractivity contribution < 1.29 is 14.2 Å². The van der Waals surface area contributed by atoms with Gasteiger partial charge in [-0.1, -0.05) is 0 Å². The fourth-order valence-corrected chi connectivity index (χ4v) is 3.95. The molecule has 1 aliphatic carbocycles. The molecule has 1 aromatic carbocycles. The van der Waals surface area contributed by atoms with Gasteiger partial charge in [-0.15, -0.1) is 0 Å². The highest BCUT2D eigenvalue weighted by atomic mass is 19.1. The first kappa shape index (κ1) is 15.7. The fourth-order valence-electron chi connectivity index (χ4n) is 3.95. The second kappa shape index (κ2) is 6.61. The summed E-state index contributed by atoms with van der Waals surface area (Å²) in [6.45, 7) is 1.83. The first-order valence-corrected chi connectivity index (χ1v) is 8.65. The topological polar surface area (TPSA) is 60.2 Å². The Morgan fingerprint density at radius 3 is 2.54 bits per heavy atom. The van der Waals surface area contributed by atoms with Gasteiger partial charge in [-0.05, 0) is 55.4 Å². The van der Waals surface area contributed by atoms with Crippen LogP contribution in [0.1, 0.15) is 36.8 Å². The highest BCUT2D eigenvalue weighted by Crippen LogP contribution is 2.45. The number of aliphatic hydroxyl groups excluding tert-OH is 1. The molecule has 1 saturated heterocycles. The SMILES string of the molecule is OCCCc1nc(C2C[C@@H]3COC[C@H]3C2)n(-c2ccc(F)cc2)n1. The van der Waals surface area contributed by atoms with Crippen LogP contribution in [0.2, 0.25) is 0 Å². The summed E-state index contributed by atoms with van der Waals surface area (Å²) in [6, 6.07) is 6.38. The molecule has 0 unspecified atom stereocenters. The number of ether oxygens (including phenoxy) is 1. The maximum absolute atomic E-state index is 13.2. The van der Waals surface area contributed by atoms with E-state index in [1.807, 2.05) is 4.68 Å². The number of nitrogens with zero attached hydrogens (tertiary/aromatic N) is 3. The molecule has 2 heterocycles. The summed E-state index contributed by atoms with van der Waals surface area (Å²) in [5, 5.41) is 13.7. The van der Waals surface area contributed by atoms with Crippen LogP contribution in [0, 0.1) is 17.7 Å². The Morgan fingerprint density at radius 2 is 1.88 bits per heavy atom. The molecule has 5 nitrogen and oxygen atoms in total. The Hall–Kier alpha value is -1.79. The maximum Gasteiger partial charge on any atom is 0.151 e. The summed E-state index contributed by atoms with van der Waals surface area (Å²) in [4.78, 5) is 4.76. The molecule has 0 bridgehead atoms. The van der Waals surface area contributed by atoms with Crippen molar-refractivity contribution in [3.05, 3.63) is 41.7 Å². The highest BCUT2D eigenvalue weighted by molar-refractivity contribution is 5.33. The summed E-state index contributed by atoms with van der Waals surface area (Å²) in [5.74, 6) is 3.06. The Bertz CT molecular complexity index is 689. The number of hydrogen-bond donors (Lipinski definition) is 1. The van der Waals surface area contributed by atoms with E-state index < -0.39 is 0 Å². The Balaban J connectivity index is 1.66. The van der Waals surface area contributed by atoms with Crippen molar-refractivity contribution in [1.29, 1.82) is 0 Å². The Kier molecular flexibility index (Phi) is 4.33. The second-order valence-electron chi connectivity index (χ2n) is 6.83. The van der Waals surface area contributed by atoms with Gasteiger partial charge >= 0.3 is 0 Å². The van der Waals surface area contributed by atoms with Gasteiger partial charge in [0.25, 0.3) is 0 Å². The van der Waals surface area contributed by atoms with Gasteiger partial charge in [0.15, 0.2) is 5.82 Å². The monoisotopic (exact) mass is 331 g/mol. The zero-order chi connectivity index (χ0) is 16.5. The summed E-state index contributed by atoms with van der Waals surface area (Å²) >= 11 is 0. The summed E-state index contributed by atoms with van der Waals surface area (Å²) < 4.78 is 20.7. The molecule has 4 rings (SSSR count). The largest absolute Gasteiger partial charge is 0.396 e. The molecule has 2 aromatic rings. The zero-order valence-electron chi connectivity index (χ0n) is 13.6. The standard InChI is InChI=1S/C18H22FN3O2/c19-15-3-5-16(6-4-15)22-18(20-17(21-22)2-1-7-23)12-8-13-10-24-11-14(13)9-12/h3-6,12-14,23H,1-2,7-11H2/t13-,14-/m1/s1. The maximum atomic E-state index is 13.2. The van der Waals surface area contributed by atoms with Crippen molar-refractivity contribution in [3.63, 3.8) is 0 Å². The van der Waals surface area contributed by atoms with Gasteiger partial charge < -0.3 is 9.84 Å². The van der Waals surface area contributed by atoms with Gasteiger partial charge in [0.1, 0.15) is 11.6 Å². The predicted octanol–water partition coefficient (Wildman–Crippen LogP) is 2.47. The number of fused-ring (bicyclic) bond motifs is 1. The van der Waals surface area contributed by atoms with E-state index in [0.29, 0.717) is 30.6 Å². The molecule has 128 valence electrons. The molecule has 0 amide bonds. The molecule has 0 radical (unpaired) electrons. The van der Waals surface area contributed by atoms with Crippen LogP contribution in [0.4, 0.5) is 4.39 Å². The third-order valence-electron chi connectivity index (χ3n) is 5.18. The smallest absolute Gasteiger partial charge is 0.151 e. The fraction of sp³-hybridized carbons (Fsp3) is 0.556. The molecule has 2 fully saturated rings. The molecule has 1 aromatic heterocycles. The third-order valence-corrected chi connectivity index (χ3v) is 5.18. The molecule has 0 spiro atoms. The van der Waals surface area contributed by atoms with Gasteiger partial charge in [0.05, 0.1) is 5.69 Å². The highest BCUT2D eigenvalue weighted by Gasteiger charge is 2.40. The van der Waals surface area contributed by atoms with Crippen molar-refractivity contribution >= 4 is 0 Å². The first-order valence-electron chi connectivity index (χ1n) is 8.65. The van der Waals surface area contributed by atoms with Gasteiger partial charge in [-0.3, -0.25) is 0 Å². The zero-order valence-corrected chi connectivity index (χ0v) is 13.6. The minimum absolute atomic E-state index is 0.130. The molecule has 1 aliphatic heterocycles. The van der Waals surface area contributed by atoms with Gasteiger partial charge in [0, 0.05) is 32.2 Å². The lowest BCUT2D eigenvalue weighted by Crippen LogP contribution is -2.08. The Labute approximate surface area is 140 Å². The van der Waals surface area contributed by atoms with Crippen LogP contribution in [0.3, 0.4) is 0 Å². The summed E-state index contributed by atoms with van der Waals surface area (Å²) in [6.07, 6.45) is 3.45. The first-order chi connectivity index (χ1) is 11.7. The molecule has 24 heavy (non-hydrogen) atoms. The summed E-state index contributed by atoms with van der Waals surface area (Å²) in [5.41, 5.74) is 0.836. The van der Waals surface area contributed by atoms with E-state index in [4.69, 9.17) is 14.8 Å². The minimum atomic E-state index is -0.256. The lowest BCUT2D eigenvalue weighted by Gasteiger charge is -2.12. The van der Waals surface area contributed by atoms with E-state index in [-0.39, 0.29) is 12.4 Å². The van der Waals surface area contributed by atoms with Crippen molar-refractivity contribution in [2.75, 3.05) is 19.8 Å². The summed E-state index contributed by atoms with van der Waals surface area (Å²) in [7, 11) is 0. The van der Waals surface area contributed by atoms with Crippen molar-refractivity contribution in [1.82, 2.24) is 14.8 Å². The molecule has 2 atom stereocenters. The number of halogens is 1. The lowest BCUT2D eigenvalue weighted by atomic mass is 10.0. The number of aliphatic hydroxyl groups is 1. The van der Waals surface area contributed by atoms with Crippen LogP contribution in [-0.2, 0) is 11.2 Å².